The number of rotatable bonds is 4. The quantitative estimate of drug-likeness (QED) is 0.669. The van der Waals surface area contributed by atoms with Crippen molar-refractivity contribution in [2.45, 2.75) is 65.2 Å². The van der Waals surface area contributed by atoms with E-state index in [-0.39, 0.29) is 0 Å². The fourth-order valence-electron chi connectivity index (χ4n) is 3.13. The van der Waals surface area contributed by atoms with E-state index in [4.69, 9.17) is 23.2 Å². The Morgan fingerprint density at radius 3 is 2.05 bits per heavy atom. The van der Waals surface area contributed by atoms with Crippen LogP contribution in [0.2, 0.25) is 10.3 Å². The summed E-state index contributed by atoms with van der Waals surface area (Å²) in [4.78, 5) is 9.03. The Hall–Kier alpha value is -0.340. The Bertz CT molecular complexity index is 429. The van der Waals surface area contributed by atoms with E-state index >= 15 is 0 Å². The number of hydrogen-bond donors (Lipinski definition) is 0. The molecule has 20 heavy (non-hydrogen) atoms. The van der Waals surface area contributed by atoms with Gasteiger partial charge in [-0.2, -0.15) is 0 Å². The van der Waals surface area contributed by atoms with Crippen molar-refractivity contribution < 1.29 is 0 Å². The van der Waals surface area contributed by atoms with Crippen LogP contribution in [0.4, 0.5) is 0 Å². The maximum absolute atomic E-state index is 6.28. The lowest BCUT2D eigenvalue weighted by molar-refractivity contribution is 0.254. The number of nitrogens with zero attached hydrogens (tertiary/aromatic N) is 2. The summed E-state index contributed by atoms with van der Waals surface area (Å²) in [5.41, 5.74) is 0.899. The third-order valence-corrected chi connectivity index (χ3v) is 5.13. The monoisotopic (exact) mass is 314 g/mol. The van der Waals surface area contributed by atoms with Crippen molar-refractivity contribution in [1.82, 2.24) is 9.97 Å². The highest BCUT2D eigenvalue weighted by molar-refractivity contribution is 6.34. The Balaban J connectivity index is 2.11. The molecule has 0 bridgehead atoms. The van der Waals surface area contributed by atoms with Crippen LogP contribution in [0, 0.1) is 11.8 Å². The highest BCUT2D eigenvalue weighted by Crippen LogP contribution is 2.38. The van der Waals surface area contributed by atoms with E-state index in [0.29, 0.717) is 16.2 Å². The summed E-state index contributed by atoms with van der Waals surface area (Å²) < 4.78 is 0. The fraction of sp³-hybridized carbons (Fsp3) is 0.750. The Kier molecular flexibility index (Phi) is 5.68. The van der Waals surface area contributed by atoms with Gasteiger partial charge in [0.1, 0.15) is 16.1 Å². The molecule has 112 valence electrons. The van der Waals surface area contributed by atoms with E-state index in [9.17, 15) is 0 Å². The summed E-state index contributed by atoms with van der Waals surface area (Å²) in [5, 5.41) is 1.10. The van der Waals surface area contributed by atoms with Crippen molar-refractivity contribution in [3.8, 4) is 0 Å². The SMILES string of the molecule is CCCc1c(Cl)nc(C2CCC(C(C)C)CC2)nc1Cl. The van der Waals surface area contributed by atoms with Crippen LogP contribution in [0.25, 0.3) is 0 Å². The largest absolute Gasteiger partial charge is 0.221 e. The van der Waals surface area contributed by atoms with Crippen molar-refractivity contribution in [1.29, 1.82) is 0 Å². The molecule has 1 fully saturated rings. The lowest BCUT2D eigenvalue weighted by Gasteiger charge is -2.30. The average molecular weight is 315 g/mol. The van der Waals surface area contributed by atoms with Crippen LogP contribution in [-0.4, -0.2) is 9.97 Å². The molecule has 0 radical (unpaired) electrons. The molecule has 0 aliphatic heterocycles. The van der Waals surface area contributed by atoms with E-state index in [1.807, 2.05) is 0 Å². The maximum Gasteiger partial charge on any atom is 0.137 e. The van der Waals surface area contributed by atoms with Gasteiger partial charge in [-0.15, -0.1) is 0 Å². The molecule has 0 aromatic carbocycles. The second-order valence-electron chi connectivity index (χ2n) is 6.25. The van der Waals surface area contributed by atoms with Crippen LogP contribution in [0.3, 0.4) is 0 Å². The van der Waals surface area contributed by atoms with Crippen LogP contribution in [0.15, 0.2) is 0 Å². The van der Waals surface area contributed by atoms with Crippen LogP contribution >= 0.6 is 23.2 Å². The fourth-order valence-corrected chi connectivity index (χ4v) is 3.72. The summed E-state index contributed by atoms with van der Waals surface area (Å²) in [6.45, 7) is 6.73. The molecule has 1 saturated carbocycles. The van der Waals surface area contributed by atoms with Gasteiger partial charge >= 0.3 is 0 Å². The first-order chi connectivity index (χ1) is 9.52. The summed E-state index contributed by atoms with van der Waals surface area (Å²) in [6.07, 6.45) is 6.68. The van der Waals surface area contributed by atoms with Gasteiger partial charge in [-0.05, 0) is 43.9 Å². The third kappa shape index (κ3) is 3.65. The van der Waals surface area contributed by atoms with Crippen molar-refractivity contribution in [3.63, 3.8) is 0 Å². The molecule has 1 aliphatic carbocycles. The molecular formula is C16H24Cl2N2. The summed E-state index contributed by atoms with van der Waals surface area (Å²) >= 11 is 12.6. The minimum Gasteiger partial charge on any atom is -0.221 e. The first kappa shape index (κ1) is 16.0. The molecule has 2 nitrogen and oxygen atoms in total. The molecule has 1 aliphatic rings. The molecule has 0 amide bonds. The van der Waals surface area contributed by atoms with Crippen LogP contribution in [-0.2, 0) is 6.42 Å². The zero-order valence-corrected chi connectivity index (χ0v) is 14.1. The molecule has 0 atom stereocenters. The molecule has 4 heteroatoms. The second kappa shape index (κ2) is 7.09. The minimum atomic E-state index is 0.427. The normalized spacial score (nSPS) is 23.3. The number of aromatic nitrogens is 2. The molecule has 1 aromatic rings. The van der Waals surface area contributed by atoms with Gasteiger partial charge in [-0.1, -0.05) is 50.4 Å². The minimum absolute atomic E-state index is 0.427. The molecule has 0 saturated heterocycles. The van der Waals surface area contributed by atoms with E-state index in [2.05, 4.69) is 30.7 Å². The lowest BCUT2D eigenvalue weighted by Crippen LogP contribution is -2.19. The van der Waals surface area contributed by atoms with Crippen LogP contribution < -0.4 is 0 Å². The summed E-state index contributed by atoms with van der Waals surface area (Å²) in [5.74, 6) is 2.89. The van der Waals surface area contributed by atoms with Gasteiger partial charge < -0.3 is 0 Å². The predicted molar refractivity (Wildman–Crippen MR) is 85.6 cm³/mol. The van der Waals surface area contributed by atoms with Gasteiger partial charge in [-0.3, -0.25) is 0 Å². The highest BCUT2D eigenvalue weighted by Gasteiger charge is 2.26. The van der Waals surface area contributed by atoms with Crippen LogP contribution in [0.1, 0.15) is 70.2 Å². The molecule has 0 N–H and O–H groups in total. The molecular weight excluding hydrogens is 291 g/mol. The first-order valence-electron chi connectivity index (χ1n) is 7.74. The van der Waals surface area contributed by atoms with Gasteiger partial charge in [0, 0.05) is 11.5 Å². The summed E-state index contributed by atoms with van der Waals surface area (Å²) in [7, 11) is 0. The molecule has 0 spiro atoms. The van der Waals surface area contributed by atoms with Crippen molar-refractivity contribution >= 4 is 23.2 Å². The maximum atomic E-state index is 6.28. The van der Waals surface area contributed by atoms with E-state index in [0.717, 1.165) is 48.9 Å². The lowest BCUT2D eigenvalue weighted by atomic mass is 9.77. The zero-order chi connectivity index (χ0) is 14.7. The number of hydrogen-bond acceptors (Lipinski definition) is 2. The van der Waals surface area contributed by atoms with Crippen molar-refractivity contribution in [3.05, 3.63) is 21.7 Å². The van der Waals surface area contributed by atoms with Gasteiger partial charge in [0.2, 0.25) is 0 Å². The second-order valence-corrected chi connectivity index (χ2v) is 6.96. The molecule has 0 unspecified atom stereocenters. The van der Waals surface area contributed by atoms with Gasteiger partial charge in [0.15, 0.2) is 0 Å². The van der Waals surface area contributed by atoms with E-state index < -0.39 is 0 Å². The van der Waals surface area contributed by atoms with Crippen LogP contribution in [0.5, 0.6) is 0 Å². The van der Waals surface area contributed by atoms with Crippen molar-refractivity contribution in [2.75, 3.05) is 0 Å². The zero-order valence-electron chi connectivity index (χ0n) is 12.6. The smallest absolute Gasteiger partial charge is 0.137 e. The summed E-state index contributed by atoms with van der Waals surface area (Å²) in [6, 6.07) is 0. The van der Waals surface area contributed by atoms with Gasteiger partial charge in [-0.25, -0.2) is 9.97 Å². The molecule has 1 heterocycles. The number of halogens is 2. The predicted octanol–water partition coefficient (Wildman–Crippen LogP) is 5.67. The molecule has 1 aromatic heterocycles. The van der Waals surface area contributed by atoms with Crippen molar-refractivity contribution in [2.24, 2.45) is 11.8 Å². The van der Waals surface area contributed by atoms with E-state index in [1.54, 1.807) is 0 Å². The Morgan fingerprint density at radius 1 is 1.05 bits per heavy atom. The standard InChI is InChI=1S/C16H24Cl2N2/c1-4-5-13-14(17)19-16(20-15(13)18)12-8-6-11(7-9-12)10(2)3/h10-12H,4-9H2,1-3H3. The Labute approximate surface area is 132 Å². The topological polar surface area (TPSA) is 25.8 Å². The Morgan fingerprint density at radius 2 is 1.60 bits per heavy atom. The first-order valence-corrected chi connectivity index (χ1v) is 8.50. The highest BCUT2D eigenvalue weighted by atomic mass is 35.5. The van der Waals surface area contributed by atoms with Gasteiger partial charge in [0.25, 0.3) is 0 Å². The molecule has 2 rings (SSSR count). The van der Waals surface area contributed by atoms with E-state index in [1.165, 1.54) is 12.8 Å². The average Bonchev–Trinajstić information content (AvgIpc) is 2.42. The van der Waals surface area contributed by atoms with Gasteiger partial charge in [0.05, 0.1) is 0 Å². The third-order valence-electron chi connectivity index (χ3n) is 4.50.